The highest BCUT2D eigenvalue weighted by Gasteiger charge is 2.47. The van der Waals surface area contributed by atoms with Gasteiger partial charge in [0.15, 0.2) is 0 Å². The Morgan fingerprint density at radius 2 is 2.38 bits per heavy atom. The summed E-state index contributed by atoms with van der Waals surface area (Å²) in [4.78, 5) is 2.50. The van der Waals surface area contributed by atoms with Crippen molar-refractivity contribution in [2.45, 2.75) is 57.4 Å². The van der Waals surface area contributed by atoms with Crippen LogP contribution in [-0.4, -0.2) is 53.2 Å². The van der Waals surface area contributed by atoms with Gasteiger partial charge in [0.25, 0.3) is 0 Å². The number of hydrogen-bond donors (Lipinski definition) is 0. The van der Waals surface area contributed by atoms with Crippen LogP contribution >= 0.6 is 0 Å². The molecule has 0 radical (unpaired) electrons. The lowest BCUT2D eigenvalue weighted by Crippen LogP contribution is -2.56. The van der Waals surface area contributed by atoms with Crippen LogP contribution in [0, 0.1) is 0 Å². The molecular formula is C16H27N3O2. The second-order valence-electron chi connectivity index (χ2n) is 6.60. The SMILES string of the molecule is CO[C@H]1CCN(Cc2ccnn2C(C)C)C[C@@]12CCCO2. The molecule has 0 aromatic carbocycles. The third kappa shape index (κ3) is 2.87. The molecule has 0 N–H and O–H groups in total. The summed E-state index contributed by atoms with van der Waals surface area (Å²) in [5.74, 6) is 0. The zero-order valence-corrected chi connectivity index (χ0v) is 13.4. The maximum atomic E-state index is 6.12. The van der Waals surface area contributed by atoms with Crippen LogP contribution in [0.5, 0.6) is 0 Å². The van der Waals surface area contributed by atoms with Gasteiger partial charge < -0.3 is 9.47 Å². The quantitative estimate of drug-likeness (QED) is 0.853. The standard InChI is InChI=1S/C16H27N3O2/c1-13(2)19-14(5-8-17-19)11-18-9-6-15(20-3)16(12-18)7-4-10-21-16/h5,8,13,15H,4,6-7,9-12H2,1-3H3/t15-,16-/m0/s1. The smallest absolute Gasteiger partial charge is 0.107 e. The van der Waals surface area contributed by atoms with Gasteiger partial charge in [0.2, 0.25) is 0 Å². The van der Waals surface area contributed by atoms with E-state index in [1.165, 1.54) is 5.69 Å². The number of hydrogen-bond acceptors (Lipinski definition) is 4. The fourth-order valence-corrected chi connectivity index (χ4v) is 3.85. The lowest BCUT2D eigenvalue weighted by atomic mass is 9.87. The van der Waals surface area contributed by atoms with Gasteiger partial charge in [-0.25, -0.2) is 0 Å². The fraction of sp³-hybridized carbons (Fsp3) is 0.812. The number of methoxy groups -OCH3 is 1. The second-order valence-corrected chi connectivity index (χ2v) is 6.60. The predicted molar refractivity (Wildman–Crippen MR) is 81.2 cm³/mol. The van der Waals surface area contributed by atoms with E-state index in [0.717, 1.165) is 45.5 Å². The van der Waals surface area contributed by atoms with Gasteiger partial charge in [-0.1, -0.05) is 0 Å². The van der Waals surface area contributed by atoms with Crippen molar-refractivity contribution in [2.24, 2.45) is 0 Å². The van der Waals surface area contributed by atoms with E-state index in [-0.39, 0.29) is 11.7 Å². The van der Waals surface area contributed by atoms with Gasteiger partial charge in [-0.15, -0.1) is 0 Å². The predicted octanol–water partition coefficient (Wildman–Crippen LogP) is 2.23. The normalized spacial score (nSPS) is 30.6. The molecule has 1 spiro atoms. The number of nitrogens with zero attached hydrogens (tertiary/aromatic N) is 3. The summed E-state index contributed by atoms with van der Waals surface area (Å²) in [6.07, 6.45) is 5.46. The van der Waals surface area contributed by atoms with Crippen LogP contribution in [-0.2, 0) is 16.0 Å². The van der Waals surface area contributed by atoms with Gasteiger partial charge in [0, 0.05) is 45.6 Å². The van der Waals surface area contributed by atoms with Crippen molar-refractivity contribution >= 4 is 0 Å². The lowest BCUT2D eigenvalue weighted by Gasteiger charge is -2.44. The van der Waals surface area contributed by atoms with Gasteiger partial charge in [-0.3, -0.25) is 9.58 Å². The highest BCUT2D eigenvalue weighted by molar-refractivity contribution is 5.05. The van der Waals surface area contributed by atoms with E-state index in [4.69, 9.17) is 9.47 Å². The summed E-state index contributed by atoms with van der Waals surface area (Å²) in [5, 5.41) is 4.44. The molecule has 0 amide bonds. The summed E-state index contributed by atoms with van der Waals surface area (Å²) in [5.41, 5.74) is 1.20. The Morgan fingerprint density at radius 3 is 3.05 bits per heavy atom. The first-order valence-corrected chi connectivity index (χ1v) is 8.06. The topological polar surface area (TPSA) is 39.5 Å². The molecule has 2 aliphatic heterocycles. The first-order valence-electron chi connectivity index (χ1n) is 8.06. The summed E-state index contributed by atoms with van der Waals surface area (Å²) >= 11 is 0. The van der Waals surface area contributed by atoms with Crippen molar-refractivity contribution in [1.82, 2.24) is 14.7 Å². The Morgan fingerprint density at radius 1 is 1.52 bits per heavy atom. The maximum Gasteiger partial charge on any atom is 0.107 e. The summed E-state index contributed by atoms with van der Waals surface area (Å²) < 4.78 is 13.9. The van der Waals surface area contributed by atoms with Gasteiger partial charge in [0.05, 0.1) is 11.8 Å². The van der Waals surface area contributed by atoms with Crippen molar-refractivity contribution in [3.05, 3.63) is 18.0 Å². The largest absolute Gasteiger partial charge is 0.378 e. The fourth-order valence-electron chi connectivity index (χ4n) is 3.85. The first-order chi connectivity index (χ1) is 10.1. The van der Waals surface area contributed by atoms with Gasteiger partial charge in [0.1, 0.15) is 5.60 Å². The van der Waals surface area contributed by atoms with Crippen molar-refractivity contribution < 1.29 is 9.47 Å². The molecule has 21 heavy (non-hydrogen) atoms. The molecule has 0 aliphatic carbocycles. The molecular weight excluding hydrogens is 266 g/mol. The van der Waals surface area contributed by atoms with Crippen LogP contribution in [0.1, 0.15) is 44.8 Å². The number of ether oxygens (including phenoxy) is 2. The summed E-state index contributed by atoms with van der Waals surface area (Å²) in [7, 11) is 1.82. The van der Waals surface area contributed by atoms with E-state index < -0.39 is 0 Å². The number of rotatable bonds is 4. The van der Waals surface area contributed by atoms with Crippen molar-refractivity contribution in [3.63, 3.8) is 0 Å². The molecule has 3 heterocycles. The van der Waals surface area contributed by atoms with Crippen LogP contribution in [0.15, 0.2) is 12.3 Å². The molecule has 0 bridgehead atoms. The summed E-state index contributed by atoms with van der Waals surface area (Å²) in [6.45, 7) is 8.20. The first kappa shape index (κ1) is 15.0. The highest BCUT2D eigenvalue weighted by Crippen LogP contribution is 2.36. The minimum Gasteiger partial charge on any atom is -0.378 e. The monoisotopic (exact) mass is 293 g/mol. The molecule has 2 aliphatic rings. The Labute approximate surface area is 127 Å². The van der Waals surface area contributed by atoms with E-state index in [0.29, 0.717) is 6.04 Å². The van der Waals surface area contributed by atoms with Gasteiger partial charge in [-0.05, 0) is 39.2 Å². The van der Waals surface area contributed by atoms with Gasteiger partial charge >= 0.3 is 0 Å². The van der Waals surface area contributed by atoms with E-state index in [2.05, 4.69) is 34.6 Å². The molecule has 118 valence electrons. The van der Waals surface area contributed by atoms with E-state index >= 15 is 0 Å². The number of aromatic nitrogens is 2. The zero-order chi connectivity index (χ0) is 14.9. The molecule has 0 unspecified atom stereocenters. The Bertz CT molecular complexity index is 466. The number of piperidine rings is 1. The van der Waals surface area contributed by atoms with Gasteiger partial charge in [-0.2, -0.15) is 5.10 Å². The average Bonchev–Trinajstić information content (AvgIpc) is 3.09. The molecule has 3 rings (SSSR count). The molecule has 1 aromatic rings. The minimum atomic E-state index is -0.0876. The molecule has 5 heteroatoms. The summed E-state index contributed by atoms with van der Waals surface area (Å²) in [6, 6.07) is 2.54. The Kier molecular flexibility index (Phi) is 4.33. The molecule has 2 saturated heterocycles. The van der Waals surface area contributed by atoms with Crippen molar-refractivity contribution in [2.75, 3.05) is 26.8 Å². The van der Waals surface area contributed by atoms with Crippen molar-refractivity contribution in [3.8, 4) is 0 Å². The third-order valence-corrected chi connectivity index (χ3v) is 4.83. The van der Waals surface area contributed by atoms with E-state index in [1.54, 1.807) is 0 Å². The van der Waals surface area contributed by atoms with Crippen LogP contribution in [0.4, 0.5) is 0 Å². The van der Waals surface area contributed by atoms with Crippen LogP contribution in [0.25, 0.3) is 0 Å². The highest BCUT2D eigenvalue weighted by atomic mass is 16.5. The zero-order valence-electron chi connectivity index (χ0n) is 13.4. The maximum absolute atomic E-state index is 6.12. The van der Waals surface area contributed by atoms with Crippen LogP contribution < -0.4 is 0 Å². The molecule has 2 fully saturated rings. The average molecular weight is 293 g/mol. The second kappa shape index (κ2) is 6.07. The Hall–Kier alpha value is -0.910. The van der Waals surface area contributed by atoms with Crippen molar-refractivity contribution in [1.29, 1.82) is 0 Å². The number of likely N-dealkylation sites (tertiary alicyclic amines) is 1. The lowest BCUT2D eigenvalue weighted by molar-refractivity contribution is -0.145. The molecule has 1 aromatic heterocycles. The van der Waals surface area contributed by atoms with E-state index in [9.17, 15) is 0 Å². The van der Waals surface area contributed by atoms with Crippen LogP contribution in [0.3, 0.4) is 0 Å². The van der Waals surface area contributed by atoms with E-state index in [1.807, 2.05) is 13.3 Å². The Balaban J connectivity index is 1.71. The molecule has 0 saturated carbocycles. The minimum absolute atomic E-state index is 0.0876. The van der Waals surface area contributed by atoms with Crippen LogP contribution in [0.2, 0.25) is 0 Å². The molecule has 5 nitrogen and oxygen atoms in total. The molecule has 2 atom stereocenters. The third-order valence-electron chi connectivity index (χ3n) is 4.83.